The summed E-state index contributed by atoms with van der Waals surface area (Å²) in [4.78, 5) is 24.1. The van der Waals surface area contributed by atoms with Gasteiger partial charge in [-0.15, -0.1) is 11.3 Å². The fourth-order valence-corrected chi connectivity index (χ4v) is 6.31. The number of anilines is 2. The minimum atomic E-state index is -4.24. The van der Waals surface area contributed by atoms with Gasteiger partial charge >= 0.3 is 12.1 Å². The van der Waals surface area contributed by atoms with E-state index in [0.29, 0.717) is 21.8 Å². The summed E-state index contributed by atoms with van der Waals surface area (Å²) in [6, 6.07) is 9.33. The van der Waals surface area contributed by atoms with Gasteiger partial charge in [-0.2, -0.15) is 13.2 Å². The van der Waals surface area contributed by atoms with Crippen molar-refractivity contribution in [3.63, 3.8) is 0 Å². The van der Waals surface area contributed by atoms with Gasteiger partial charge in [0.25, 0.3) is 0 Å². The number of nitrogens with one attached hydrogen (secondary N) is 1. The molecule has 1 N–H and O–H groups in total. The van der Waals surface area contributed by atoms with E-state index in [1.54, 1.807) is 18.2 Å². The number of benzene rings is 1. The third-order valence-electron chi connectivity index (χ3n) is 7.54. The molecule has 1 saturated heterocycles. The molecule has 2 aromatic heterocycles. The highest BCUT2D eigenvalue weighted by Gasteiger charge is 2.49. The second-order valence-electron chi connectivity index (χ2n) is 10.9. The normalized spacial score (nSPS) is 21.9. The van der Waals surface area contributed by atoms with Crippen LogP contribution in [0.2, 0.25) is 0 Å². The van der Waals surface area contributed by atoms with Crippen LogP contribution in [0.5, 0.6) is 0 Å². The Labute approximate surface area is 218 Å². The lowest BCUT2D eigenvalue weighted by molar-refractivity contribution is -0.126. The Kier molecular flexibility index (Phi) is 6.58. The highest BCUT2D eigenvalue weighted by atomic mass is 32.1. The van der Waals surface area contributed by atoms with Crippen LogP contribution in [-0.4, -0.2) is 46.8 Å². The second kappa shape index (κ2) is 9.45. The van der Waals surface area contributed by atoms with Gasteiger partial charge in [0.1, 0.15) is 22.6 Å². The van der Waals surface area contributed by atoms with E-state index >= 15 is 0 Å². The molecule has 0 amide bonds. The number of rotatable bonds is 7. The Morgan fingerprint density at radius 3 is 2.62 bits per heavy atom. The molecule has 3 aromatic rings. The van der Waals surface area contributed by atoms with Crippen LogP contribution in [0.4, 0.5) is 24.7 Å². The Morgan fingerprint density at radius 1 is 1.22 bits per heavy atom. The first kappa shape index (κ1) is 25.8. The van der Waals surface area contributed by atoms with Crippen molar-refractivity contribution in [3.8, 4) is 0 Å². The number of fused-ring (bicyclic) bond motifs is 1. The number of thiophene rings is 1. The molecular formula is C27H31F3N4O2S. The zero-order valence-electron chi connectivity index (χ0n) is 21.2. The molecule has 0 unspecified atom stereocenters. The predicted octanol–water partition coefficient (Wildman–Crippen LogP) is 6.61. The van der Waals surface area contributed by atoms with Gasteiger partial charge in [-0.05, 0) is 75.3 Å². The van der Waals surface area contributed by atoms with Gasteiger partial charge < -0.3 is 15.0 Å². The molecular weight excluding hydrogens is 501 g/mol. The van der Waals surface area contributed by atoms with Gasteiger partial charge in [-0.3, -0.25) is 0 Å². The highest BCUT2D eigenvalue weighted by Crippen LogP contribution is 2.50. The lowest BCUT2D eigenvalue weighted by atomic mass is 9.65. The van der Waals surface area contributed by atoms with Crippen molar-refractivity contribution in [1.29, 1.82) is 0 Å². The number of nitrogens with zero attached hydrogens (tertiary/aromatic N) is 3. The van der Waals surface area contributed by atoms with Gasteiger partial charge in [0.2, 0.25) is 0 Å². The van der Waals surface area contributed by atoms with Crippen LogP contribution in [0.1, 0.15) is 61.7 Å². The SMILES string of the molecule is CCC(C)(C)OC(=O)c1ccc(NC2CC3(CCN(c4ncnc5sc(CC(F)(F)F)cc45)C3)C2)cc1. The number of alkyl halides is 3. The molecule has 1 spiro atoms. The average Bonchev–Trinajstić information content (AvgIpc) is 3.42. The number of halogens is 3. The smallest absolute Gasteiger partial charge is 0.393 e. The van der Waals surface area contributed by atoms with E-state index in [-0.39, 0.29) is 16.3 Å². The van der Waals surface area contributed by atoms with E-state index < -0.39 is 18.2 Å². The standard InChI is InChI=1S/C27H31F3N4O2S/c1-4-25(2,3)36-24(35)17-5-7-18(8-6-17)33-19-12-26(13-19)9-10-34(15-26)22-21-11-20(14-27(28,29)30)37-23(21)32-16-31-22/h5-8,11,16,19,33H,4,9-10,12-15H2,1-3H3. The van der Waals surface area contributed by atoms with Crippen molar-refractivity contribution >= 4 is 39.0 Å². The highest BCUT2D eigenvalue weighted by molar-refractivity contribution is 7.18. The molecule has 198 valence electrons. The monoisotopic (exact) mass is 532 g/mol. The molecule has 1 aromatic carbocycles. The summed E-state index contributed by atoms with van der Waals surface area (Å²) in [6.45, 7) is 7.44. The quantitative estimate of drug-likeness (QED) is 0.345. The Morgan fingerprint density at radius 2 is 1.95 bits per heavy atom. The molecule has 2 fully saturated rings. The number of ether oxygens (including phenoxy) is 1. The Bertz CT molecular complexity index is 1280. The van der Waals surface area contributed by atoms with Crippen molar-refractivity contribution < 1.29 is 22.7 Å². The average molecular weight is 533 g/mol. The van der Waals surface area contributed by atoms with Crippen LogP contribution in [0.3, 0.4) is 0 Å². The van der Waals surface area contributed by atoms with Crippen molar-refractivity contribution in [1.82, 2.24) is 9.97 Å². The van der Waals surface area contributed by atoms with Crippen LogP contribution >= 0.6 is 11.3 Å². The Hall–Kier alpha value is -2.88. The summed E-state index contributed by atoms with van der Waals surface area (Å²) < 4.78 is 44.2. The van der Waals surface area contributed by atoms with Gasteiger partial charge in [0.05, 0.1) is 17.4 Å². The first-order chi connectivity index (χ1) is 17.4. The fraction of sp³-hybridized carbons (Fsp3) is 0.519. The van der Waals surface area contributed by atoms with E-state index in [1.165, 1.54) is 6.33 Å². The Balaban J connectivity index is 1.18. The second-order valence-corrected chi connectivity index (χ2v) is 12.0. The minimum absolute atomic E-state index is 0.176. The maximum absolute atomic E-state index is 12.9. The van der Waals surface area contributed by atoms with Gasteiger partial charge in [0, 0.05) is 29.7 Å². The summed E-state index contributed by atoms with van der Waals surface area (Å²) in [5.41, 5.74) is 1.19. The molecule has 1 saturated carbocycles. The van der Waals surface area contributed by atoms with Crippen LogP contribution in [0.25, 0.3) is 10.2 Å². The summed E-state index contributed by atoms with van der Waals surface area (Å²) in [5.74, 6) is 0.415. The maximum Gasteiger partial charge on any atom is 0.393 e. The van der Waals surface area contributed by atoms with E-state index in [9.17, 15) is 18.0 Å². The largest absolute Gasteiger partial charge is 0.456 e. The molecule has 37 heavy (non-hydrogen) atoms. The lowest BCUT2D eigenvalue weighted by Crippen LogP contribution is -2.46. The number of hydrogen-bond donors (Lipinski definition) is 1. The van der Waals surface area contributed by atoms with Crippen LogP contribution in [0, 0.1) is 5.41 Å². The van der Waals surface area contributed by atoms with Gasteiger partial charge in [0.15, 0.2) is 0 Å². The number of esters is 1. The third-order valence-corrected chi connectivity index (χ3v) is 8.59. The summed E-state index contributed by atoms with van der Waals surface area (Å²) >= 11 is 1.09. The lowest BCUT2D eigenvalue weighted by Gasteiger charge is -2.46. The molecule has 3 heterocycles. The summed E-state index contributed by atoms with van der Waals surface area (Å²) in [7, 11) is 0. The maximum atomic E-state index is 12.9. The zero-order valence-corrected chi connectivity index (χ0v) is 22.0. The molecule has 5 rings (SSSR count). The summed E-state index contributed by atoms with van der Waals surface area (Å²) in [5, 5.41) is 4.27. The number of aromatic nitrogens is 2. The molecule has 0 bridgehead atoms. The molecule has 0 atom stereocenters. The minimum Gasteiger partial charge on any atom is -0.456 e. The van der Waals surface area contributed by atoms with E-state index in [4.69, 9.17) is 4.74 Å². The molecule has 1 aliphatic heterocycles. The number of carbonyl (C=O) groups excluding carboxylic acids is 1. The fourth-order valence-electron chi connectivity index (χ4n) is 5.29. The molecule has 10 heteroatoms. The van der Waals surface area contributed by atoms with Crippen molar-refractivity contribution in [2.45, 2.75) is 70.7 Å². The zero-order chi connectivity index (χ0) is 26.4. The van der Waals surface area contributed by atoms with E-state index in [2.05, 4.69) is 20.2 Å². The molecule has 6 nitrogen and oxygen atoms in total. The van der Waals surface area contributed by atoms with Crippen molar-refractivity contribution in [2.24, 2.45) is 5.41 Å². The first-order valence-electron chi connectivity index (χ1n) is 12.6. The van der Waals surface area contributed by atoms with Gasteiger partial charge in [-0.25, -0.2) is 14.8 Å². The van der Waals surface area contributed by atoms with E-state index in [1.807, 2.05) is 32.9 Å². The van der Waals surface area contributed by atoms with Crippen molar-refractivity contribution in [2.75, 3.05) is 23.3 Å². The molecule has 2 aliphatic rings. The molecule has 0 radical (unpaired) electrons. The predicted molar refractivity (Wildman–Crippen MR) is 139 cm³/mol. The van der Waals surface area contributed by atoms with Crippen LogP contribution < -0.4 is 10.2 Å². The molecule has 1 aliphatic carbocycles. The van der Waals surface area contributed by atoms with Crippen LogP contribution in [-0.2, 0) is 11.2 Å². The topological polar surface area (TPSA) is 67.3 Å². The van der Waals surface area contributed by atoms with Crippen LogP contribution in [0.15, 0.2) is 36.7 Å². The third kappa shape index (κ3) is 5.68. The summed E-state index contributed by atoms with van der Waals surface area (Å²) in [6.07, 6.45) is 0.0515. The number of carbonyl (C=O) groups is 1. The van der Waals surface area contributed by atoms with Gasteiger partial charge in [-0.1, -0.05) is 6.92 Å². The number of hydrogen-bond acceptors (Lipinski definition) is 7. The first-order valence-corrected chi connectivity index (χ1v) is 13.4. The van der Waals surface area contributed by atoms with E-state index in [0.717, 1.165) is 61.6 Å². The van der Waals surface area contributed by atoms with Crippen molar-refractivity contribution in [3.05, 3.63) is 47.1 Å².